The molecule has 1 fully saturated rings. The average Bonchev–Trinajstić information content (AvgIpc) is 2.91. The standard InChI is InChI=1S/C11H12BrClO/c1-8-2-3-10(9(13)6-8)14-11(7-12)4-5-11/h2-3,6H,4-5,7H2,1H3. The molecule has 0 saturated heterocycles. The molecule has 2 rings (SSSR count). The molecule has 0 N–H and O–H groups in total. The van der Waals surface area contributed by atoms with Gasteiger partial charge in [0, 0.05) is 5.33 Å². The summed E-state index contributed by atoms with van der Waals surface area (Å²) < 4.78 is 5.87. The summed E-state index contributed by atoms with van der Waals surface area (Å²) in [6, 6.07) is 5.90. The van der Waals surface area contributed by atoms with Crippen LogP contribution in [-0.4, -0.2) is 10.9 Å². The molecule has 14 heavy (non-hydrogen) atoms. The number of hydrogen-bond acceptors (Lipinski definition) is 1. The highest BCUT2D eigenvalue weighted by Gasteiger charge is 2.44. The number of alkyl halides is 1. The van der Waals surface area contributed by atoms with Gasteiger partial charge in [-0.05, 0) is 37.5 Å². The third-order valence-corrected chi connectivity index (χ3v) is 3.78. The fourth-order valence-corrected chi connectivity index (χ4v) is 2.27. The van der Waals surface area contributed by atoms with Crippen LogP contribution < -0.4 is 4.74 Å². The molecule has 1 aromatic carbocycles. The van der Waals surface area contributed by atoms with Gasteiger partial charge in [-0.1, -0.05) is 33.6 Å². The number of hydrogen-bond donors (Lipinski definition) is 0. The van der Waals surface area contributed by atoms with Crippen molar-refractivity contribution in [2.24, 2.45) is 0 Å². The number of ether oxygens (including phenoxy) is 1. The highest BCUT2D eigenvalue weighted by molar-refractivity contribution is 9.09. The van der Waals surface area contributed by atoms with Crippen LogP contribution in [0.25, 0.3) is 0 Å². The van der Waals surface area contributed by atoms with Crippen molar-refractivity contribution in [1.82, 2.24) is 0 Å². The highest BCUT2D eigenvalue weighted by Crippen LogP contribution is 2.43. The zero-order valence-electron chi connectivity index (χ0n) is 8.02. The van der Waals surface area contributed by atoms with E-state index >= 15 is 0 Å². The molecule has 76 valence electrons. The van der Waals surface area contributed by atoms with Crippen molar-refractivity contribution in [2.75, 3.05) is 5.33 Å². The molecule has 0 bridgehead atoms. The summed E-state index contributed by atoms with van der Waals surface area (Å²) in [5, 5.41) is 1.58. The van der Waals surface area contributed by atoms with Crippen molar-refractivity contribution in [3.8, 4) is 5.75 Å². The lowest BCUT2D eigenvalue weighted by molar-refractivity contribution is 0.206. The minimum absolute atomic E-state index is 0.0128. The molecule has 0 unspecified atom stereocenters. The molecule has 1 aliphatic rings. The van der Waals surface area contributed by atoms with Gasteiger partial charge in [0.2, 0.25) is 0 Å². The van der Waals surface area contributed by atoms with Gasteiger partial charge in [-0.2, -0.15) is 0 Å². The summed E-state index contributed by atoms with van der Waals surface area (Å²) in [6.45, 7) is 2.02. The zero-order chi connectivity index (χ0) is 10.2. The van der Waals surface area contributed by atoms with E-state index in [0.29, 0.717) is 5.02 Å². The lowest BCUT2D eigenvalue weighted by Gasteiger charge is -2.16. The zero-order valence-corrected chi connectivity index (χ0v) is 10.4. The predicted molar refractivity (Wildman–Crippen MR) is 62.6 cm³/mol. The Morgan fingerprint density at radius 1 is 1.50 bits per heavy atom. The van der Waals surface area contributed by atoms with E-state index in [1.807, 2.05) is 25.1 Å². The normalized spacial score (nSPS) is 17.9. The van der Waals surface area contributed by atoms with E-state index in [0.717, 1.165) is 29.5 Å². The van der Waals surface area contributed by atoms with Crippen LogP contribution in [0.2, 0.25) is 5.02 Å². The number of aryl methyl sites for hydroxylation is 1. The van der Waals surface area contributed by atoms with Crippen molar-refractivity contribution in [2.45, 2.75) is 25.4 Å². The maximum Gasteiger partial charge on any atom is 0.138 e. The second-order valence-electron chi connectivity index (χ2n) is 3.85. The van der Waals surface area contributed by atoms with Gasteiger partial charge in [0.1, 0.15) is 11.4 Å². The maximum atomic E-state index is 6.08. The summed E-state index contributed by atoms with van der Waals surface area (Å²) in [5.41, 5.74) is 1.17. The van der Waals surface area contributed by atoms with Crippen LogP contribution in [0.15, 0.2) is 18.2 Å². The van der Waals surface area contributed by atoms with Crippen molar-refractivity contribution < 1.29 is 4.74 Å². The fraction of sp³-hybridized carbons (Fsp3) is 0.455. The molecule has 0 aliphatic heterocycles. The van der Waals surface area contributed by atoms with E-state index in [9.17, 15) is 0 Å². The van der Waals surface area contributed by atoms with Gasteiger partial charge in [0.25, 0.3) is 0 Å². The molecule has 0 aromatic heterocycles. The Hall–Kier alpha value is -0.210. The van der Waals surface area contributed by atoms with Crippen LogP contribution >= 0.6 is 27.5 Å². The van der Waals surface area contributed by atoms with Gasteiger partial charge in [0.15, 0.2) is 0 Å². The molecule has 0 radical (unpaired) electrons. The summed E-state index contributed by atoms with van der Waals surface area (Å²) in [7, 11) is 0. The Labute approximate surface area is 97.5 Å². The van der Waals surface area contributed by atoms with Gasteiger partial charge in [-0.15, -0.1) is 0 Å². The van der Waals surface area contributed by atoms with E-state index in [1.54, 1.807) is 0 Å². The van der Waals surface area contributed by atoms with Crippen molar-refractivity contribution >= 4 is 27.5 Å². The Kier molecular flexibility index (Phi) is 2.76. The molecular weight excluding hydrogens is 263 g/mol. The van der Waals surface area contributed by atoms with Gasteiger partial charge < -0.3 is 4.74 Å². The van der Waals surface area contributed by atoms with Crippen molar-refractivity contribution in [3.05, 3.63) is 28.8 Å². The number of rotatable bonds is 3. The monoisotopic (exact) mass is 274 g/mol. The minimum Gasteiger partial charge on any atom is -0.485 e. The second-order valence-corrected chi connectivity index (χ2v) is 4.82. The molecule has 0 amide bonds. The molecule has 1 saturated carbocycles. The Balaban J connectivity index is 2.17. The van der Waals surface area contributed by atoms with Gasteiger partial charge in [0.05, 0.1) is 5.02 Å². The SMILES string of the molecule is Cc1ccc(OC2(CBr)CC2)c(Cl)c1. The summed E-state index contributed by atoms with van der Waals surface area (Å²) >= 11 is 9.54. The van der Waals surface area contributed by atoms with Crippen molar-refractivity contribution in [3.63, 3.8) is 0 Å². The van der Waals surface area contributed by atoms with Crippen LogP contribution in [0.3, 0.4) is 0 Å². The minimum atomic E-state index is 0.0128. The average molecular weight is 276 g/mol. The van der Waals surface area contributed by atoms with Crippen LogP contribution in [0.4, 0.5) is 0 Å². The smallest absolute Gasteiger partial charge is 0.138 e. The van der Waals surface area contributed by atoms with Gasteiger partial charge in [-0.25, -0.2) is 0 Å². The summed E-state index contributed by atoms with van der Waals surface area (Å²) in [5.74, 6) is 0.800. The van der Waals surface area contributed by atoms with E-state index in [1.165, 1.54) is 0 Å². The molecule has 0 spiro atoms. The van der Waals surface area contributed by atoms with Crippen LogP contribution in [-0.2, 0) is 0 Å². The molecule has 0 heterocycles. The Morgan fingerprint density at radius 2 is 2.21 bits per heavy atom. The lowest BCUT2D eigenvalue weighted by atomic mass is 10.2. The second kappa shape index (κ2) is 3.74. The topological polar surface area (TPSA) is 9.23 Å². The summed E-state index contributed by atoms with van der Waals surface area (Å²) in [4.78, 5) is 0. The quantitative estimate of drug-likeness (QED) is 0.759. The van der Waals surface area contributed by atoms with Crippen molar-refractivity contribution in [1.29, 1.82) is 0 Å². The third kappa shape index (κ3) is 2.06. The third-order valence-electron chi connectivity index (χ3n) is 2.47. The largest absolute Gasteiger partial charge is 0.485 e. The Bertz CT molecular complexity index is 347. The van der Waals surface area contributed by atoms with E-state index in [-0.39, 0.29) is 5.60 Å². The van der Waals surface area contributed by atoms with Crippen LogP contribution in [0.5, 0.6) is 5.75 Å². The molecule has 0 atom stereocenters. The fourth-order valence-electron chi connectivity index (χ4n) is 1.32. The molecular formula is C11H12BrClO. The number of halogens is 2. The first-order valence-electron chi connectivity index (χ1n) is 4.66. The Morgan fingerprint density at radius 3 is 2.71 bits per heavy atom. The van der Waals surface area contributed by atoms with Gasteiger partial charge in [-0.3, -0.25) is 0 Å². The lowest BCUT2D eigenvalue weighted by Crippen LogP contribution is -2.19. The van der Waals surface area contributed by atoms with Crippen LogP contribution in [0, 0.1) is 6.92 Å². The molecule has 3 heteroatoms. The summed E-state index contributed by atoms with van der Waals surface area (Å²) in [6.07, 6.45) is 2.23. The van der Waals surface area contributed by atoms with E-state index in [4.69, 9.17) is 16.3 Å². The van der Waals surface area contributed by atoms with E-state index < -0.39 is 0 Å². The molecule has 1 aromatic rings. The molecule has 1 aliphatic carbocycles. The van der Waals surface area contributed by atoms with Gasteiger partial charge >= 0.3 is 0 Å². The number of benzene rings is 1. The molecule has 1 nitrogen and oxygen atoms in total. The van der Waals surface area contributed by atoms with E-state index in [2.05, 4.69) is 15.9 Å². The first-order valence-corrected chi connectivity index (χ1v) is 6.16. The first-order chi connectivity index (χ1) is 6.65. The first kappa shape index (κ1) is 10.3. The van der Waals surface area contributed by atoms with Crippen LogP contribution in [0.1, 0.15) is 18.4 Å². The highest BCUT2D eigenvalue weighted by atomic mass is 79.9. The maximum absolute atomic E-state index is 6.08. The predicted octanol–water partition coefficient (Wildman–Crippen LogP) is 3.95.